The summed E-state index contributed by atoms with van der Waals surface area (Å²) in [6, 6.07) is -0.262. The van der Waals surface area contributed by atoms with Crippen molar-refractivity contribution in [1.29, 1.82) is 0 Å². The van der Waals surface area contributed by atoms with Crippen LogP contribution in [-0.2, 0) is 9.16 Å². The van der Waals surface area contributed by atoms with Crippen LogP contribution in [0.1, 0.15) is 27.2 Å². The first-order valence-electron chi connectivity index (χ1n) is 8.74. The van der Waals surface area contributed by atoms with Gasteiger partial charge in [0.05, 0.1) is 19.0 Å². The van der Waals surface area contributed by atoms with Crippen molar-refractivity contribution < 1.29 is 14.3 Å². The van der Waals surface area contributed by atoms with Crippen LogP contribution in [0, 0.1) is 0 Å². The van der Waals surface area contributed by atoms with Crippen molar-refractivity contribution in [3.63, 3.8) is 0 Å². The highest BCUT2D eigenvalue weighted by Crippen LogP contribution is 2.40. The predicted molar refractivity (Wildman–Crippen MR) is 100 cm³/mol. The molecule has 0 bridgehead atoms. The van der Waals surface area contributed by atoms with Gasteiger partial charge in [0.2, 0.25) is 0 Å². The van der Waals surface area contributed by atoms with Crippen LogP contribution >= 0.6 is 0 Å². The smallest absolute Gasteiger partial charge is 0.192 e. The number of aliphatic hydroxyl groups excluding tert-OH is 1. The maximum atomic E-state index is 9.76. The van der Waals surface area contributed by atoms with Gasteiger partial charge in [-0.1, -0.05) is 20.8 Å². The molecule has 0 saturated carbocycles. The number of aliphatic hydroxyl groups is 1. The van der Waals surface area contributed by atoms with Crippen molar-refractivity contribution in [1.82, 2.24) is 4.90 Å². The van der Waals surface area contributed by atoms with E-state index in [0.717, 1.165) is 0 Å². The number of rotatable bonds is 4. The Morgan fingerprint density at radius 2 is 2.12 bits per heavy atom. The molecule has 140 valence electrons. The normalized spacial score (nSPS) is 35.2. The van der Waals surface area contributed by atoms with E-state index in [4.69, 9.17) is 14.9 Å². The van der Waals surface area contributed by atoms with Crippen molar-refractivity contribution in [3.05, 3.63) is 0 Å². The van der Waals surface area contributed by atoms with Crippen LogP contribution in [0.4, 0.5) is 0 Å². The molecule has 8 nitrogen and oxygen atoms in total. The number of fused-ring (bicyclic) bond motifs is 1. The Hall–Kier alpha value is -1.29. The predicted octanol–water partition coefficient (Wildman–Crippen LogP) is 0.922. The second-order valence-corrected chi connectivity index (χ2v) is 13.1. The van der Waals surface area contributed by atoms with Crippen LogP contribution in [0.3, 0.4) is 0 Å². The molecule has 0 aliphatic carbocycles. The van der Waals surface area contributed by atoms with Crippen molar-refractivity contribution in [2.45, 2.75) is 76.0 Å². The van der Waals surface area contributed by atoms with E-state index in [1.165, 1.54) is 6.34 Å². The first kappa shape index (κ1) is 18.5. The van der Waals surface area contributed by atoms with Gasteiger partial charge in [-0.15, -0.1) is 0 Å². The topological polar surface area (TPSA) is 105 Å². The van der Waals surface area contributed by atoms with Crippen LogP contribution < -0.4 is 5.73 Å². The van der Waals surface area contributed by atoms with Crippen LogP contribution in [0.15, 0.2) is 15.0 Å². The van der Waals surface area contributed by atoms with Gasteiger partial charge >= 0.3 is 0 Å². The van der Waals surface area contributed by atoms with Gasteiger partial charge in [0.15, 0.2) is 14.5 Å². The van der Waals surface area contributed by atoms with Gasteiger partial charge in [0, 0.05) is 6.42 Å². The second-order valence-electron chi connectivity index (χ2n) is 8.35. The Labute approximate surface area is 150 Å². The maximum absolute atomic E-state index is 9.76. The first-order chi connectivity index (χ1) is 11.6. The third-order valence-electron chi connectivity index (χ3n) is 5.62. The average Bonchev–Trinajstić information content (AvgIpc) is 3.10. The van der Waals surface area contributed by atoms with Gasteiger partial charge in [0.1, 0.15) is 30.5 Å². The number of nitrogens with two attached hydrogens (primary N) is 1. The van der Waals surface area contributed by atoms with E-state index >= 15 is 0 Å². The van der Waals surface area contributed by atoms with Crippen LogP contribution in [-0.4, -0.2) is 74.1 Å². The third kappa shape index (κ3) is 3.38. The zero-order chi connectivity index (χ0) is 18.4. The van der Waals surface area contributed by atoms with E-state index in [-0.39, 0.29) is 42.3 Å². The highest BCUT2D eigenvalue weighted by molar-refractivity contribution is 6.74. The second kappa shape index (κ2) is 6.46. The first-order valence-corrected chi connectivity index (χ1v) is 11.6. The molecule has 1 fully saturated rings. The van der Waals surface area contributed by atoms with Gasteiger partial charge < -0.3 is 24.9 Å². The molecule has 3 rings (SSSR count). The third-order valence-corrected chi connectivity index (χ3v) is 10.1. The average molecular weight is 368 g/mol. The molecule has 0 aromatic rings. The fourth-order valence-corrected chi connectivity index (χ4v) is 4.42. The van der Waals surface area contributed by atoms with Gasteiger partial charge in [-0.25, -0.2) is 9.98 Å². The van der Waals surface area contributed by atoms with Crippen molar-refractivity contribution in [2.24, 2.45) is 20.7 Å². The van der Waals surface area contributed by atoms with Crippen LogP contribution in [0.25, 0.3) is 0 Å². The molecular formula is C16H29N5O3Si. The molecule has 0 aromatic carbocycles. The summed E-state index contributed by atoms with van der Waals surface area (Å²) in [5.41, 5.74) is 5.91. The minimum absolute atomic E-state index is 0.0677. The molecule has 3 aliphatic heterocycles. The van der Waals surface area contributed by atoms with Gasteiger partial charge in [0.25, 0.3) is 0 Å². The van der Waals surface area contributed by atoms with Crippen molar-refractivity contribution in [2.75, 3.05) is 6.61 Å². The van der Waals surface area contributed by atoms with Crippen molar-refractivity contribution in [3.8, 4) is 0 Å². The Balaban J connectivity index is 1.71. The molecule has 3 unspecified atom stereocenters. The summed E-state index contributed by atoms with van der Waals surface area (Å²) in [4.78, 5) is 14.8. The Morgan fingerprint density at radius 3 is 2.76 bits per heavy atom. The highest BCUT2D eigenvalue weighted by Gasteiger charge is 2.48. The summed E-state index contributed by atoms with van der Waals surface area (Å²) in [6.07, 6.45) is 2.92. The largest absolute Gasteiger partial charge is 0.411 e. The summed E-state index contributed by atoms with van der Waals surface area (Å²) in [5, 5.41) is 9.86. The number of hydrogen-bond acceptors (Lipinski definition) is 8. The van der Waals surface area contributed by atoms with Crippen LogP contribution in [0.2, 0.25) is 18.1 Å². The monoisotopic (exact) mass is 367 g/mol. The van der Waals surface area contributed by atoms with E-state index in [9.17, 15) is 5.11 Å². The standard InChI is InChI=1S/C16H29N5O3Si/c1-16(2,3)25(4,5)24-10-6-12(23-11(10)7-22)21-9-20-13-14(17)18-8-19-15(13)21/h8-13,15,22H,6-7H2,1-5H3,(H2,17,18,19)/t10?,11-,12-,13?,15?/m1/s1. The van der Waals surface area contributed by atoms with Crippen LogP contribution in [0.5, 0.6) is 0 Å². The lowest BCUT2D eigenvalue weighted by Gasteiger charge is -2.39. The number of aliphatic imine (C=N–C) groups is 3. The fraction of sp³-hybridized carbons (Fsp3) is 0.812. The maximum Gasteiger partial charge on any atom is 0.192 e. The molecule has 0 amide bonds. The van der Waals surface area contributed by atoms with E-state index in [0.29, 0.717) is 12.3 Å². The summed E-state index contributed by atoms with van der Waals surface area (Å²) in [5.74, 6) is 0.463. The molecule has 1 saturated heterocycles. The summed E-state index contributed by atoms with van der Waals surface area (Å²) >= 11 is 0. The molecule has 3 heterocycles. The zero-order valence-electron chi connectivity index (χ0n) is 15.6. The lowest BCUT2D eigenvalue weighted by Crippen LogP contribution is -2.48. The molecule has 0 spiro atoms. The van der Waals surface area contributed by atoms with Gasteiger partial charge in [-0.05, 0) is 18.1 Å². The minimum Gasteiger partial charge on any atom is -0.411 e. The molecule has 9 heteroatoms. The number of amidine groups is 1. The summed E-state index contributed by atoms with van der Waals surface area (Å²) in [7, 11) is -1.95. The lowest BCUT2D eigenvalue weighted by atomic mass is 10.1. The molecule has 25 heavy (non-hydrogen) atoms. The molecule has 0 aromatic heterocycles. The Kier molecular flexibility index (Phi) is 4.78. The lowest BCUT2D eigenvalue weighted by molar-refractivity contribution is -0.0614. The number of hydrogen-bond donors (Lipinski definition) is 2. The van der Waals surface area contributed by atoms with E-state index in [1.807, 2.05) is 4.90 Å². The zero-order valence-corrected chi connectivity index (χ0v) is 16.6. The van der Waals surface area contributed by atoms with E-state index in [2.05, 4.69) is 48.8 Å². The molecule has 0 radical (unpaired) electrons. The van der Waals surface area contributed by atoms with Crippen molar-refractivity contribution >= 4 is 26.8 Å². The molecular weight excluding hydrogens is 338 g/mol. The summed E-state index contributed by atoms with van der Waals surface area (Å²) < 4.78 is 12.6. The Morgan fingerprint density at radius 1 is 1.40 bits per heavy atom. The highest BCUT2D eigenvalue weighted by atomic mass is 28.4. The van der Waals surface area contributed by atoms with E-state index in [1.54, 1.807) is 6.34 Å². The Bertz CT molecular complexity index is 601. The van der Waals surface area contributed by atoms with Gasteiger partial charge in [-0.3, -0.25) is 4.99 Å². The van der Waals surface area contributed by atoms with Gasteiger partial charge in [-0.2, -0.15) is 0 Å². The fourth-order valence-electron chi connectivity index (χ4n) is 3.06. The molecule has 3 N–H and O–H groups in total. The molecule has 3 aliphatic rings. The minimum atomic E-state index is -1.95. The number of nitrogens with zero attached hydrogens (tertiary/aromatic N) is 4. The quantitative estimate of drug-likeness (QED) is 0.719. The summed E-state index contributed by atoms with van der Waals surface area (Å²) in [6.45, 7) is 11.0. The number of ether oxygens (including phenoxy) is 1. The molecule has 5 atom stereocenters. The SMILES string of the molecule is CC(C)(C)[Si](C)(C)OC1C[C@H](N2C=NC3C(N)=NC=NC32)O[C@@H]1CO. The van der Waals surface area contributed by atoms with E-state index < -0.39 is 8.32 Å².